The maximum absolute atomic E-state index is 4.58. The van der Waals surface area contributed by atoms with E-state index in [9.17, 15) is 0 Å². The fourth-order valence-electron chi connectivity index (χ4n) is 1.27. The van der Waals surface area contributed by atoms with Crippen molar-refractivity contribution in [2.45, 2.75) is 40.0 Å². The molecule has 0 atom stereocenters. The highest BCUT2D eigenvalue weighted by atomic mass is 32.2. The molecule has 1 aliphatic heterocycles. The minimum absolute atomic E-state index is 1.10. The molecule has 0 saturated carbocycles. The van der Waals surface area contributed by atoms with Crippen molar-refractivity contribution in [1.29, 1.82) is 0 Å². The highest BCUT2D eigenvalue weighted by Crippen LogP contribution is 2.29. The van der Waals surface area contributed by atoms with Crippen LogP contribution < -0.4 is 0 Å². The highest BCUT2D eigenvalue weighted by molar-refractivity contribution is 8.03. The molecule has 1 aliphatic rings. The SMILES string of the molecule is CCCC1=C(C)N=C(CC)CS1. The lowest BCUT2D eigenvalue weighted by Gasteiger charge is -2.15. The van der Waals surface area contributed by atoms with Crippen LogP contribution >= 0.6 is 11.8 Å². The molecule has 0 aliphatic carbocycles. The van der Waals surface area contributed by atoms with Gasteiger partial charge in [0.25, 0.3) is 0 Å². The van der Waals surface area contributed by atoms with Gasteiger partial charge in [-0.05, 0) is 19.8 Å². The van der Waals surface area contributed by atoms with Crippen LogP contribution in [0.1, 0.15) is 40.0 Å². The van der Waals surface area contributed by atoms with Crippen LogP contribution in [0.3, 0.4) is 0 Å². The van der Waals surface area contributed by atoms with Crippen LogP contribution in [-0.2, 0) is 0 Å². The van der Waals surface area contributed by atoms with E-state index in [0.717, 1.165) is 12.2 Å². The third-order valence-electron chi connectivity index (χ3n) is 2.03. The van der Waals surface area contributed by atoms with E-state index in [2.05, 4.69) is 25.8 Å². The van der Waals surface area contributed by atoms with Crippen molar-refractivity contribution < 1.29 is 0 Å². The summed E-state index contributed by atoms with van der Waals surface area (Å²) < 4.78 is 0. The van der Waals surface area contributed by atoms with Crippen molar-refractivity contribution in [2.24, 2.45) is 4.99 Å². The van der Waals surface area contributed by atoms with Crippen LogP contribution in [0.4, 0.5) is 0 Å². The van der Waals surface area contributed by atoms with Crippen molar-refractivity contribution in [1.82, 2.24) is 0 Å². The standard InChI is InChI=1S/C10H17NS/c1-4-6-10-8(3)11-9(5-2)7-12-10/h4-7H2,1-3H3. The molecule has 0 bridgehead atoms. The molecular weight excluding hydrogens is 166 g/mol. The van der Waals surface area contributed by atoms with Gasteiger partial charge in [0.1, 0.15) is 0 Å². The Morgan fingerprint density at radius 2 is 2.17 bits per heavy atom. The van der Waals surface area contributed by atoms with E-state index in [-0.39, 0.29) is 0 Å². The molecular formula is C10H17NS. The normalized spacial score (nSPS) is 18.1. The molecule has 1 rings (SSSR count). The lowest BCUT2D eigenvalue weighted by atomic mass is 10.2. The van der Waals surface area contributed by atoms with Gasteiger partial charge in [0.2, 0.25) is 0 Å². The zero-order valence-electron chi connectivity index (χ0n) is 8.18. The van der Waals surface area contributed by atoms with Crippen LogP contribution in [0.15, 0.2) is 15.6 Å². The van der Waals surface area contributed by atoms with Gasteiger partial charge in [-0.2, -0.15) is 0 Å². The Morgan fingerprint density at radius 1 is 1.42 bits per heavy atom. The summed E-state index contributed by atoms with van der Waals surface area (Å²) in [5.74, 6) is 1.11. The summed E-state index contributed by atoms with van der Waals surface area (Å²) in [7, 11) is 0. The van der Waals surface area contributed by atoms with Crippen LogP contribution in [0.5, 0.6) is 0 Å². The summed E-state index contributed by atoms with van der Waals surface area (Å²) in [6.07, 6.45) is 3.54. The molecule has 0 aromatic rings. The quantitative estimate of drug-likeness (QED) is 0.651. The van der Waals surface area contributed by atoms with Crippen molar-refractivity contribution in [3.8, 4) is 0 Å². The van der Waals surface area contributed by atoms with Gasteiger partial charge in [0.05, 0.1) is 0 Å². The summed E-state index contributed by atoms with van der Waals surface area (Å²) >= 11 is 1.98. The second kappa shape index (κ2) is 4.70. The van der Waals surface area contributed by atoms with Gasteiger partial charge in [-0.3, -0.25) is 4.99 Å². The average molecular weight is 183 g/mol. The fourth-order valence-corrected chi connectivity index (χ4v) is 2.48. The lowest BCUT2D eigenvalue weighted by molar-refractivity contribution is 0.930. The molecule has 0 fully saturated rings. The predicted octanol–water partition coefficient (Wildman–Crippen LogP) is 3.62. The summed E-state index contributed by atoms with van der Waals surface area (Å²) in [5.41, 5.74) is 2.60. The second-order valence-electron chi connectivity index (χ2n) is 3.08. The van der Waals surface area contributed by atoms with E-state index >= 15 is 0 Å². The number of thioether (sulfide) groups is 1. The number of rotatable bonds is 3. The summed E-state index contributed by atoms with van der Waals surface area (Å²) in [5, 5.41) is 0. The molecule has 0 spiro atoms. The van der Waals surface area contributed by atoms with Gasteiger partial charge in [0, 0.05) is 22.1 Å². The first-order chi connectivity index (χ1) is 5.77. The van der Waals surface area contributed by atoms with E-state index in [1.54, 1.807) is 0 Å². The number of aliphatic imine (C=N–C) groups is 1. The number of nitrogens with zero attached hydrogens (tertiary/aromatic N) is 1. The summed E-state index contributed by atoms with van der Waals surface area (Å²) in [6, 6.07) is 0. The van der Waals surface area contributed by atoms with Gasteiger partial charge < -0.3 is 0 Å². The number of allylic oxidation sites excluding steroid dienone is 2. The molecule has 0 saturated heterocycles. The molecule has 12 heavy (non-hydrogen) atoms. The molecule has 0 N–H and O–H groups in total. The Bertz CT molecular complexity index is 216. The highest BCUT2D eigenvalue weighted by Gasteiger charge is 2.10. The Hall–Kier alpha value is -0.240. The Morgan fingerprint density at radius 3 is 2.67 bits per heavy atom. The lowest BCUT2D eigenvalue weighted by Crippen LogP contribution is -2.06. The number of hydrogen-bond acceptors (Lipinski definition) is 2. The van der Waals surface area contributed by atoms with E-state index in [1.807, 2.05) is 11.8 Å². The predicted molar refractivity (Wildman–Crippen MR) is 57.8 cm³/mol. The monoisotopic (exact) mass is 183 g/mol. The van der Waals surface area contributed by atoms with Crippen LogP contribution in [0.25, 0.3) is 0 Å². The molecule has 0 aromatic heterocycles. The van der Waals surface area contributed by atoms with Gasteiger partial charge in [-0.1, -0.05) is 20.3 Å². The molecule has 0 amide bonds. The largest absolute Gasteiger partial charge is 0.261 e. The van der Waals surface area contributed by atoms with E-state index in [0.29, 0.717) is 0 Å². The van der Waals surface area contributed by atoms with Crippen LogP contribution in [0.2, 0.25) is 0 Å². The molecule has 1 nitrogen and oxygen atoms in total. The zero-order valence-corrected chi connectivity index (χ0v) is 9.00. The molecule has 0 aromatic carbocycles. The van der Waals surface area contributed by atoms with Crippen molar-refractivity contribution in [3.05, 3.63) is 10.6 Å². The van der Waals surface area contributed by atoms with Gasteiger partial charge in [-0.25, -0.2) is 0 Å². The second-order valence-corrected chi connectivity index (χ2v) is 4.15. The topological polar surface area (TPSA) is 12.4 Å². The van der Waals surface area contributed by atoms with Crippen molar-refractivity contribution in [3.63, 3.8) is 0 Å². The minimum atomic E-state index is 1.10. The molecule has 0 radical (unpaired) electrons. The van der Waals surface area contributed by atoms with Crippen LogP contribution in [-0.4, -0.2) is 11.5 Å². The minimum Gasteiger partial charge on any atom is -0.261 e. The Kier molecular flexibility index (Phi) is 3.86. The maximum Gasteiger partial charge on any atom is 0.0467 e. The van der Waals surface area contributed by atoms with Crippen molar-refractivity contribution >= 4 is 17.5 Å². The fraction of sp³-hybridized carbons (Fsp3) is 0.700. The first kappa shape index (κ1) is 9.85. The third-order valence-corrected chi connectivity index (χ3v) is 3.35. The smallest absolute Gasteiger partial charge is 0.0467 e. The summed E-state index contributed by atoms with van der Waals surface area (Å²) in [4.78, 5) is 6.07. The van der Waals surface area contributed by atoms with Crippen LogP contribution in [0, 0.1) is 0 Å². The first-order valence-electron chi connectivity index (χ1n) is 4.66. The maximum atomic E-state index is 4.58. The van der Waals surface area contributed by atoms with Gasteiger partial charge >= 0.3 is 0 Å². The molecule has 0 unspecified atom stereocenters. The van der Waals surface area contributed by atoms with E-state index in [4.69, 9.17) is 0 Å². The Labute approximate surface area is 79.3 Å². The first-order valence-corrected chi connectivity index (χ1v) is 5.65. The average Bonchev–Trinajstić information content (AvgIpc) is 2.09. The molecule has 2 heteroatoms. The summed E-state index contributed by atoms with van der Waals surface area (Å²) in [6.45, 7) is 6.53. The van der Waals surface area contributed by atoms with Crippen molar-refractivity contribution in [2.75, 3.05) is 5.75 Å². The third kappa shape index (κ3) is 2.37. The van der Waals surface area contributed by atoms with Gasteiger partial charge in [0.15, 0.2) is 0 Å². The van der Waals surface area contributed by atoms with E-state index < -0.39 is 0 Å². The molecule has 68 valence electrons. The molecule has 1 heterocycles. The Balaban J connectivity index is 2.69. The van der Waals surface area contributed by atoms with Gasteiger partial charge in [-0.15, -0.1) is 11.8 Å². The van der Waals surface area contributed by atoms with E-state index in [1.165, 1.54) is 29.2 Å². The number of hydrogen-bond donors (Lipinski definition) is 0. The zero-order chi connectivity index (χ0) is 8.97.